The third-order valence-electron chi connectivity index (χ3n) is 15.6. The molecule has 0 aromatic rings. The van der Waals surface area contributed by atoms with Crippen LogP contribution in [-0.4, -0.2) is 215 Å². The van der Waals surface area contributed by atoms with Crippen molar-refractivity contribution in [3.8, 4) is 0 Å². The molecule has 11 amide bonds. The van der Waals surface area contributed by atoms with Gasteiger partial charge in [-0.05, 0) is 101 Å². The van der Waals surface area contributed by atoms with Crippen LogP contribution in [-0.2, 0) is 52.7 Å². The lowest BCUT2D eigenvalue weighted by atomic mass is 9.91. The second-order valence-electron chi connectivity index (χ2n) is 25.7. The molecule has 0 aliphatic carbocycles. The number of amides is 11. The summed E-state index contributed by atoms with van der Waals surface area (Å²) in [5.41, 5.74) is 0. The summed E-state index contributed by atoms with van der Waals surface area (Å²) in [6.07, 6.45) is 3.00. The Morgan fingerprint density at radius 1 is 0.464 bits per heavy atom. The number of carbonyl (C=O) groups excluding carboxylic acids is 11. The first-order chi connectivity index (χ1) is 38.8. The molecule has 0 aromatic heterocycles. The maximum Gasteiger partial charge on any atom is 0.246 e. The van der Waals surface area contributed by atoms with E-state index < -0.39 is 156 Å². The summed E-state index contributed by atoms with van der Waals surface area (Å²) in [7, 11) is 8.39. The van der Waals surface area contributed by atoms with Gasteiger partial charge in [-0.15, -0.1) is 0 Å². The predicted molar refractivity (Wildman–Crippen MR) is 324 cm³/mol. The molecule has 0 bridgehead atoms. The van der Waals surface area contributed by atoms with E-state index in [1.165, 1.54) is 75.7 Å². The second-order valence-corrected chi connectivity index (χ2v) is 25.7. The van der Waals surface area contributed by atoms with Crippen molar-refractivity contribution in [1.29, 1.82) is 0 Å². The zero-order valence-corrected chi connectivity index (χ0v) is 55.1. The van der Waals surface area contributed by atoms with E-state index in [9.17, 15) is 53.1 Å². The van der Waals surface area contributed by atoms with Crippen molar-refractivity contribution in [3.63, 3.8) is 0 Å². The molecule has 84 heavy (non-hydrogen) atoms. The van der Waals surface area contributed by atoms with Crippen molar-refractivity contribution in [2.45, 2.75) is 223 Å². The van der Waals surface area contributed by atoms with Crippen molar-refractivity contribution < 1.29 is 57.8 Å². The highest BCUT2D eigenvalue weighted by atomic mass is 16.3. The molecule has 1 aliphatic rings. The average molecular weight is 1190 g/mol. The van der Waals surface area contributed by atoms with Crippen LogP contribution in [0.5, 0.6) is 0 Å². The van der Waals surface area contributed by atoms with E-state index in [2.05, 4.69) is 26.6 Å². The Balaban J connectivity index is 4.27. The van der Waals surface area contributed by atoms with Crippen LogP contribution in [0, 0.1) is 41.4 Å². The van der Waals surface area contributed by atoms with E-state index in [-0.39, 0.29) is 55.8 Å². The molecule has 6 N–H and O–H groups in total. The minimum Gasteiger partial charge on any atom is -0.390 e. The minimum atomic E-state index is -1.61. The number of rotatable bonds is 15. The van der Waals surface area contributed by atoms with Crippen molar-refractivity contribution in [2.75, 3.05) is 48.8 Å². The fourth-order valence-electron chi connectivity index (χ4n) is 10.4. The monoisotopic (exact) mass is 1190 g/mol. The summed E-state index contributed by atoms with van der Waals surface area (Å²) < 4.78 is 0. The van der Waals surface area contributed by atoms with Gasteiger partial charge in [0.1, 0.15) is 60.4 Å². The SMILES string of the molecule is C/C=C/C[C@@H](C)[C@@H](O)C1C(=O)NC(CC)C(=O)N(C)CC(=O)N(C)[C@H](CC(C)C)C(=O)N[C@H](C(C)C)C(=O)N(C)[C@H](CC(C)C)C(=O)NC(C)C(=O)N[C@H](C)C(=O)N(C)[C@@H](CC(C)C)C(=O)NC(CC(C)C)C(=O)N(C)[C@@H](C(C)C)C(=O)N1C. The van der Waals surface area contributed by atoms with E-state index >= 15 is 4.79 Å². The number of aliphatic hydroxyl groups excluding tert-OH is 1. The minimum absolute atomic E-state index is 0.0224. The molecule has 1 heterocycles. The molecule has 1 rings (SSSR count). The summed E-state index contributed by atoms with van der Waals surface area (Å²) in [4.78, 5) is 166. The van der Waals surface area contributed by atoms with Crippen LogP contribution >= 0.6 is 0 Å². The highest BCUT2D eigenvalue weighted by molar-refractivity contribution is 5.99. The summed E-state index contributed by atoms with van der Waals surface area (Å²) in [5.74, 6) is -9.87. The number of nitrogens with one attached hydrogen (secondary N) is 5. The van der Waals surface area contributed by atoms with E-state index in [1.54, 1.807) is 60.6 Å². The van der Waals surface area contributed by atoms with Crippen molar-refractivity contribution in [1.82, 2.24) is 56.0 Å². The summed E-state index contributed by atoms with van der Waals surface area (Å²) >= 11 is 0. The highest BCUT2D eigenvalue weighted by Crippen LogP contribution is 2.24. The van der Waals surface area contributed by atoms with Gasteiger partial charge >= 0.3 is 0 Å². The summed E-state index contributed by atoms with van der Waals surface area (Å²) in [6.45, 7) is 29.2. The van der Waals surface area contributed by atoms with Crippen molar-refractivity contribution in [2.24, 2.45) is 41.4 Å². The van der Waals surface area contributed by atoms with Gasteiger partial charge in [0, 0.05) is 42.3 Å². The Morgan fingerprint density at radius 2 is 0.893 bits per heavy atom. The maximum absolute atomic E-state index is 15.0. The molecule has 1 saturated heterocycles. The molecule has 1 aliphatic heterocycles. The van der Waals surface area contributed by atoms with Crippen LogP contribution in [0.25, 0.3) is 0 Å². The van der Waals surface area contributed by atoms with Crippen LogP contribution in [0.4, 0.5) is 0 Å². The zero-order chi connectivity index (χ0) is 65.1. The van der Waals surface area contributed by atoms with E-state index in [1.807, 2.05) is 55.4 Å². The molecule has 23 nitrogen and oxygen atoms in total. The summed E-state index contributed by atoms with van der Waals surface area (Å²) in [5, 5.41) is 25.9. The van der Waals surface area contributed by atoms with Crippen LogP contribution in [0.1, 0.15) is 156 Å². The largest absolute Gasteiger partial charge is 0.390 e. The lowest BCUT2D eigenvalue weighted by Gasteiger charge is -2.40. The molecule has 23 heteroatoms. The summed E-state index contributed by atoms with van der Waals surface area (Å²) in [6, 6.07) is -12.4. The van der Waals surface area contributed by atoms with Crippen LogP contribution in [0.2, 0.25) is 0 Å². The van der Waals surface area contributed by atoms with Crippen LogP contribution < -0.4 is 26.6 Å². The Kier molecular flexibility index (Phi) is 31.4. The smallest absolute Gasteiger partial charge is 0.246 e. The molecule has 0 spiro atoms. The third-order valence-corrected chi connectivity index (χ3v) is 15.6. The maximum atomic E-state index is 15.0. The standard InChI is InChI=1S/C61H109N11O12/c1-24-26-27-39(15)51(74)50-56(79)64-42(25-2)58(81)67(18)32-47(73)68(19)44(29-34(5)6)55(78)66-48(37(11)12)60(83)70(21)45(30-35(7)8)53(76)62-40(16)52(75)63-41(17)57(80)69(20)46(31-36(9)10)54(77)65-43(28-33(3)4)59(82)71(22)49(38(13)14)61(84)72(50)23/h24,26,33-46,48-51,74H,25,27-32H2,1-23H3,(H,62,76)(H,63,75)(H,64,79)(H,65,77)(H,66,78)/b26-24+/t39-,40?,41-,42?,43?,44-,45-,46+,48-,49+,50?,51-/m1/s1. The van der Waals surface area contributed by atoms with Gasteiger partial charge in [-0.1, -0.05) is 109 Å². The number of allylic oxidation sites excluding steroid dienone is 2. The molecule has 0 radical (unpaired) electrons. The highest BCUT2D eigenvalue weighted by Gasteiger charge is 2.45. The lowest BCUT2D eigenvalue weighted by Crippen LogP contribution is -2.63. The molecule has 1 fully saturated rings. The molecular weight excluding hydrogens is 1080 g/mol. The molecule has 480 valence electrons. The normalized spacial score (nSPS) is 27.0. The van der Waals surface area contributed by atoms with E-state index in [4.69, 9.17) is 0 Å². The van der Waals surface area contributed by atoms with Gasteiger partial charge in [0.25, 0.3) is 0 Å². The molecular formula is C61H109N11O12. The van der Waals surface area contributed by atoms with Gasteiger partial charge in [-0.2, -0.15) is 0 Å². The topological polar surface area (TPSA) is 288 Å². The number of carbonyl (C=O) groups is 11. The van der Waals surface area contributed by atoms with Gasteiger partial charge in [0.2, 0.25) is 65.0 Å². The Bertz CT molecular complexity index is 2290. The molecule has 12 atom stereocenters. The van der Waals surface area contributed by atoms with E-state index in [0.29, 0.717) is 6.42 Å². The predicted octanol–water partition coefficient (Wildman–Crippen LogP) is 2.93. The Hall–Kier alpha value is -6.13. The average Bonchev–Trinajstić information content (AvgIpc) is 3.47. The number of aliphatic hydroxyl groups is 1. The number of likely N-dealkylation sites (N-methyl/N-ethyl adjacent to an activating group) is 6. The second kappa shape index (κ2) is 34.7. The van der Waals surface area contributed by atoms with E-state index in [0.717, 1.165) is 9.80 Å². The van der Waals surface area contributed by atoms with Crippen molar-refractivity contribution >= 4 is 65.0 Å². The van der Waals surface area contributed by atoms with Gasteiger partial charge in [-0.25, -0.2) is 0 Å². The first-order valence-electron chi connectivity index (χ1n) is 30.2. The van der Waals surface area contributed by atoms with Crippen LogP contribution in [0.3, 0.4) is 0 Å². The van der Waals surface area contributed by atoms with Gasteiger partial charge < -0.3 is 61.1 Å². The van der Waals surface area contributed by atoms with Crippen LogP contribution in [0.15, 0.2) is 12.2 Å². The van der Waals surface area contributed by atoms with Gasteiger partial charge in [-0.3, -0.25) is 52.7 Å². The fraction of sp³-hybridized carbons (Fsp3) is 0.787. The van der Waals surface area contributed by atoms with Gasteiger partial charge in [0.05, 0.1) is 12.6 Å². The Labute approximate surface area is 502 Å². The fourth-order valence-corrected chi connectivity index (χ4v) is 10.4. The van der Waals surface area contributed by atoms with Gasteiger partial charge in [0.15, 0.2) is 0 Å². The Morgan fingerprint density at radius 3 is 1.35 bits per heavy atom. The number of hydrogen-bond donors (Lipinski definition) is 6. The first kappa shape index (κ1) is 75.9. The third kappa shape index (κ3) is 21.7. The van der Waals surface area contributed by atoms with Crippen molar-refractivity contribution in [3.05, 3.63) is 12.2 Å². The first-order valence-corrected chi connectivity index (χ1v) is 30.2. The number of nitrogens with zero attached hydrogens (tertiary/aromatic N) is 6. The zero-order valence-electron chi connectivity index (χ0n) is 55.1. The molecule has 4 unspecified atom stereocenters. The lowest BCUT2D eigenvalue weighted by molar-refractivity contribution is -0.154. The molecule has 0 saturated carbocycles. The quantitative estimate of drug-likeness (QED) is 0.129. The molecule has 0 aromatic carbocycles. The number of hydrogen-bond acceptors (Lipinski definition) is 12.